The van der Waals surface area contributed by atoms with E-state index in [0.29, 0.717) is 23.9 Å². The summed E-state index contributed by atoms with van der Waals surface area (Å²) in [6, 6.07) is 4.72. The van der Waals surface area contributed by atoms with Crippen LogP contribution < -0.4 is 5.32 Å². The molecule has 0 bridgehead atoms. The number of hydrogen-bond acceptors (Lipinski definition) is 3. The third-order valence-electron chi connectivity index (χ3n) is 3.27. The van der Waals surface area contributed by atoms with Crippen LogP contribution in [0, 0.1) is 5.82 Å². The van der Waals surface area contributed by atoms with Crippen LogP contribution in [0.4, 0.5) is 4.39 Å². The number of rotatable bonds is 4. The maximum Gasteiger partial charge on any atom is 0.124 e. The second-order valence-corrected chi connectivity index (χ2v) is 6.19. The van der Waals surface area contributed by atoms with Gasteiger partial charge in [-0.25, -0.2) is 4.39 Å². The molecule has 3 nitrogen and oxygen atoms in total. The van der Waals surface area contributed by atoms with Gasteiger partial charge in [-0.15, -0.1) is 0 Å². The van der Waals surface area contributed by atoms with Crippen molar-refractivity contribution in [1.82, 2.24) is 5.32 Å². The molecular weight excluding hydrogens is 313 g/mol. The van der Waals surface area contributed by atoms with E-state index in [4.69, 9.17) is 4.74 Å². The first-order chi connectivity index (χ1) is 8.96. The molecule has 5 heteroatoms. The number of nitrogens with one attached hydrogen (secondary N) is 1. The van der Waals surface area contributed by atoms with Crippen molar-refractivity contribution in [3.05, 3.63) is 34.1 Å². The molecule has 0 amide bonds. The van der Waals surface area contributed by atoms with E-state index in [0.717, 1.165) is 18.7 Å². The molecule has 1 aliphatic heterocycles. The Bertz CT molecular complexity index is 433. The molecule has 1 aromatic carbocycles. The summed E-state index contributed by atoms with van der Waals surface area (Å²) in [4.78, 5) is 0. The van der Waals surface area contributed by atoms with Gasteiger partial charge in [0.05, 0.1) is 18.8 Å². The standard InChI is InChI=1S/C14H19BrFNO2/c1-14(18,8-12-9-19-5-4-17-12)7-10-2-3-11(16)6-13(10)15/h2-3,6,12,17-18H,4-5,7-9H2,1H3. The van der Waals surface area contributed by atoms with Crippen molar-refractivity contribution < 1.29 is 14.2 Å². The number of ether oxygens (including phenoxy) is 1. The molecule has 0 aromatic heterocycles. The van der Waals surface area contributed by atoms with Crippen LogP contribution in [-0.4, -0.2) is 36.5 Å². The highest BCUT2D eigenvalue weighted by molar-refractivity contribution is 9.10. The minimum Gasteiger partial charge on any atom is -0.390 e. The molecule has 0 radical (unpaired) electrons. The first kappa shape index (κ1) is 14.9. The van der Waals surface area contributed by atoms with Gasteiger partial charge in [0.2, 0.25) is 0 Å². The first-order valence-electron chi connectivity index (χ1n) is 6.44. The zero-order chi connectivity index (χ0) is 13.9. The van der Waals surface area contributed by atoms with Crippen LogP contribution in [0.2, 0.25) is 0 Å². The highest BCUT2D eigenvalue weighted by Gasteiger charge is 2.27. The van der Waals surface area contributed by atoms with Gasteiger partial charge in [-0.3, -0.25) is 0 Å². The maximum atomic E-state index is 13.0. The molecule has 106 valence electrons. The molecule has 1 fully saturated rings. The van der Waals surface area contributed by atoms with Crippen LogP contribution >= 0.6 is 15.9 Å². The smallest absolute Gasteiger partial charge is 0.124 e. The minimum atomic E-state index is -0.848. The second kappa shape index (κ2) is 6.31. The predicted molar refractivity (Wildman–Crippen MR) is 75.7 cm³/mol. The lowest BCUT2D eigenvalue weighted by Crippen LogP contribution is -2.46. The number of benzene rings is 1. The van der Waals surface area contributed by atoms with Gasteiger partial charge < -0.3 is 15.2 Å². The lowest BCUT2D eigenvalue weighted by molar-refractivity contribution is 0.00641. The molecule has 0 saturated carbocycles. The van der Waals surface area contributed by atoms with Crippen molar-refractivity contribution in [3.8, 4) is 0 Å². The Kier molecular flexibility index (Phi) is 4.95. The first-order valence-corrected chi connectivity index (χ1v) is 7.23. The minimum absolute atomic E-state index is 0.169. The van der Waals surface area contributed by atoms with Gasteiger partial charge in [-0.2, -0.15) is 0 Å². The Morgan fingerprint density at radius 2 is 2.37 bits per heavy atom. The van der Waals surface area contributed by atoms with Gasteiger partial charge in [-0.05, 0) is 31.0 Å². The zero-order valence-electron chi connectivity index (χ0n) is 11.0. The van der Waals surface area contributed by atoms with Crippen LogP contribution in [0.3, 0.4) is 0 Å². The van der Waals surface area contributed by atoms with Crippen LogP contribution in [0.1, 0.15) is 18.9 Å². The van der Waals surface area contributed by atoms with Gasteiger partial charge in [0.1, 0.15) is 5.82 Å². The van der Waals surface area contributed by atoms with Crippen molar-refractivity contribution in [2.75, 3.05) is 19.8 Å². The molecule has 2 atom stereocenters. The molecular formula is C14H19BrFNO2. The maximum absolute atomic E-state index is 13.0. The molecule has 2 rings (SSSR count). The van der Waals surface area contributed by atoms with Crippen molar-refractivity contribution in [2.24, 2.45) is 0 Å². The number of hydrogen-bond donors (Lipinski definition) is 2. The summed E-state index contributed by atoms with van der Waals surface area (Å²) in [5, 5.41) is 13.8. The van der Waals surface area contributed by atoms with Crippen molar-refractivity contribution in [2.45, 2.75) is 31.4 Å². The summed E-state index contributed by atoms with van der Waals surface area (Å²) in [6.45, 7) is 3.98. The fourth-order valence-corrected chi connectivity index (χ4v) is 2.92. The Labute approximate surface area is 121 Å². The molecule has 1 aliphatic rings. The quantitative estimate of drug-likeness (QED) is 0.889. The summed E-state index contributed by atoms with van der Waals surface area (Å²) in [5.74, 6) is -0.280. The lowest BCUT2D eigenvalue weighted by atomic mass is 9.90. The van der Waals surface area contributed by atoms with Gasteiger partial charge in [0.15, 0.2) is 0 Å². The fourth-order valence-electron chi connectivity index (χ4n) is 2.43. The summed E-state index contributed by atoms with van der Waals surface area (Å²) in [6.07, 6.45) is 1.09. The van der Waals surface area contributed by atoms with Crippen molar-refractivity contribution in [3.63, 3.8) is 0 Å². The topological polar surface area (TPSA) is 41.5 Å². The predicted octanol–water partition coefficient (Wildman–Crippen LogP) is 2.26. The Morgan fingerprint density at radius 1 is 1.58 bits per heavy atom. The van der Waals surface area contributed by atoms with E-state index in [2.05, 4.69) is 21.2 Å². The lowest BCUT2D eigenvalue weighted by Gasteiger charge is -2.31. The third kappa shape index (κ3) is 4.53. The molecule has 19 heavy (non-hydrogen) atoms. The number of halogens is 2. The highest BCUT2D eigenvalue weighted by atomic mass is 79.9. The van der Waals surface area contributed by atoms with Crippen LogP contribution in [0.25, 0.3) is 0 Å². The van der Waals surface area contributed by atoms with E-state index in [9.17, 15) is 9.50 Å². The van der Waals surface area contributed by atoms with Crippen molar-refractivity contribution >= 4 is 15.9 Å². The molecule has 1 aromatic rings. The number of morpholine rings is 1. The Balaban J connectivity index is 1.99. The van der Waals surface area contributed by atoms with Crippen LogP contribution in [-0.2, 0) is 11.2 Å². The van der Waals surface area contributed by atoms with Crippen LogP contribution in [0.5, 0.6) is 0 Å². The zero-order valence-corrected chi connectivity index (χ0v) is 12.5. The van der Waals surface area contributed by atoms with E-state index < -0.39 is 5.60 Å². The Morgan fingerprint density at radius 3 is 3.00 bits per heavy atom. The summed E-state index contributed by atoms with van der Waals surface area (Å²) < 4.78 is 19.1. The van der Waals surface area contributed by atoms with Crippen LogP contribution in [0.15, 0.2) is 22.7 Å². The molecule has 2 N–H and O–H groups in total. The largest absolute Gasteiger partial charge is 0.390 e. The SMILES string of the molecule is CC(O)(Cc1ccc(F)cc1Br)CC1COCCN1. The molecule has 0 spiro atoms. The summed E-state index contributed by atoms with van der Waals surface area (Å²) in [5.41, 5.74) is 0.0572. The average molecular weight is 332 g/mol. The van der Waals surface area contributed by atoms with E-state index in [1.807, 2.05) is 0 Å². The molecule has 2 unspecified atom stereocenters. The van der Waals surface area contributed by atoms with E-state index in [-0.39, 0.29) is 11.9 Å². The van der Waals surface area contributed by atoms with Gasteiger partial charge in [0.25, 0.3) is 0 Å². The normalized spacial score (nSPS) is 23.1. The third-order valence-corrected chi connectivity index (χ3v) is 4.01. The van der Waals surface area contributed by atoms with Gasteiger partial charge >= 0.3 is 0 Å². The van der Waals surface area contributed by atoms with Gasteiger partial charge in [-0.1, -0.05) is 22.0 Å². The second-order valence-electron chi connectivity index (χ2n) is 5.34. The highest BCUT2D eigenvalue weighted by Crippen LogP contribution is 2.25. The Hall–Kier alpha value is -0.490. The number of aliphatic hydroxyl groups is 1. The summed E-state index contributed by atoms with van der Waals surface area (Å²) >= 11 is 3.33. The monoisotopic (exact) mass is 331 g/mol. The van der Waals surface area contributed by atoms with E-state index >= 15 is 0 Å². The van der Waals surface area contributed by atoms with Gasteiger partial charge in [0, 0.05) is 23.5 Å². The van der Waals surface area contributed by atoms with E-state index in [1.165, 1.54) is 12.1 Å². The van der Waals surface area contributed by atoms with Crippen molar-refractivity contribution in [1.29, 1.82) is 0 Å². The summed E-state index contributed by atoms with van der Waals surface area (Å²) in [7, 11) is 0. The molecule has 1 heterocycles. The molecule has 1 saturated heterocycles. The fraction of sp³-hybridized carbons (Fsp3) is 0.571. The molecule has 0 aliphatic carbocycles. The average Bonchev–Trinajstić information content (AvgIpc) is 2.33. The van der Waals surface area contributed by atoms with E-state index in [1.54, 1.807) is 13.0 Å².